The largest absolute Gasteiger partial charge is 0.497 e. The zero-order chi connectivity index (χ0) is 25.3. The number of rotatable bonds is 7. The number of fused-ring (bicyclic) bond motifs is 1. The van der Waals surface area contributed by atoms with Crippen LogP contribution in [0.3, 0.4) is 0 Å². The summed E-state index contributed by atoms with van der Waals surface area (Å²) in [6.45, 7) is 0. The maximum atomic E-state index is 14.0. The lowest BCUT2D eigenvalue weighted by molar-refractivity contribution is -0.385. The Hall–Kier alpha value is -4.38. The van der Waals surface area contributed by atoms with Crippen molar-refractivity contribution in [2.45, 2.75) is 4.90 Å². The van der Waals surface area contributed by atoms with Crippen molar-refractivity contribution in [1.29, 1.82) is 0 Å². The minimum absolute atomic E-state index is 0.00831. The second-order valence-corrected chi connectivity index (χ2v) is 9.16. The Morgan fingerprint density at radius 3 is 2.14 bits per heavy atom. The van der Waals surface area contributed by atoms with Gasteiger partial charge in [-0.05, 0) is 35.9 Å². The lowest BCUT2D eigenvalue weighted by Gasteiger charge is -2.19. The van der Waals surface area contributed by atoms with Crippen LogP contribution in [0, 0.1) is 10.1 Å². The molecule has 0 bridgehead atoms. The van der Waals surface area contributed by atoms with E-state index in [0.717, 1.165) is 10.0 Å². The van der Waals surface area contributed by atoms with E-state index in [0.29, 0.717) is 11.3 Å². The van der Waals surface area contributed by atoms with Gasteiger partial charge in [-0.2, -0.15) is 0 Å². The summed E-state index contributed by atoms with van der Waals surface area (Å²) in [5.41, 5.74) is -0.424. The molecule has 0 spiro atoms. The molecule has 4 aromatic rings. The molecule has 0 aliphatic heterocycles. The van der Waals surface area contributed by atoms with E-state index in [2.05, 4.69) is 0 Å². The normalized spacial score (nSPS) is 11.3. The van der Waals surface area contributed by atoms with Crippen molar-refractivity contribution in [3.8, 4) is 28.5 Å². The molecule has 1 aromatic heterocycles. The van der Waals surface area contributed by atoms with Crippen LogP contribution in [0.15, 0.2) is 76.4 Å². The lowest BCUT2D eigenvalue weighted by Crippen LogP contribution is -2.20. The average Bonchev–Trinajstić information content (AvgIpc) is 2.87. The first-order chi connectivity index (χ1) is 16.7. The van der Waals surface area contributed by atoms with E-state index in [9.17, 15) is 23.3 Å². The monoisotopic (exact) mass is 496 g/mol. The van der Waals surface area contributed by atoms with Crippen molar-refractivity contribution in [2.75, 3.05) is 21.3 Å². The highest BCUT2D eigenvalue weighted by Gasteiger charge is 2.27. The van der Waals surface area contributed by atoms with E-state index in [1.165, 1.54) is 57.7 Å². The first-order valence-electron chi connectivity index (χ1n) is 10.2. The third-order valence-electron chi connectivity index (χ3n) is 5.41. The summed E-state index contributed by atoms with van der Waals surface area (Å²) in [5.74, 6) is 0.908. The number of nitro groups is 1. The maximum Gasteiger partial charge on any atom is 0.270 e. The second kappa shape index (κ2) is 9.11. The van der Waals surface area contributed by atoms with E-state index in [-0.39, 0.29) is 33.0 Å². The van der Waals surface area contributed by atoms with Gasteiger partial charge >= 0.3 is 0 Å². The second-order valence-electron chi connectivity index (χ2n) is 7.37. The first kappa shape index (κ1) is 23.8. The van der Waals surface area contributed by atoms with Crippen LogP contribution in [-0.4, -0.2) is 38.6 Å². The summed E-state index contributed by atoms with van der Waals surface area (Å²) in [5, 5.41) is 11.3. The fourth-order valence-electron chi connectivity index (χ4n) is 3.73. The highest BCUT2D eigenvalue weighted by molar-refractivity contribution is 7.90. The van der Waals surface area contributed by atoms with Crippen LogP contribution >= 0.6 is 0 Å². The summed E-state index contributed by atoms with van der Waals surface area (Å²) in [6, 6.07) is 15.2. The summed E-state index contributed by atoms with van der Waals surface area (Å²) in [4.78, 5) is 23.5. The lowest BCUT2D eigenvalue weighted by atomic mass is 10.1. The fourth-order valence-corrected chi connectivity index (χ4v) is 5.28. The molecule has 0 aliphatic carbocycles. The standard InChI is InChI=1S/C24H20N2O8S/c1-32-17-9-7-15(8-10-17)20-14-22(27)24-21(12-18(33-2)13-23(24)34-3)25(20)35(30,31)19-6-4-5-16(11-19)26(28)29/h4-14H,1-3H3. The molecule has 0 N–H and O–H groups in total. The quantitative estimate of drug-likeness (QED) is 0.279. The van der Waals surface area contributed by atoms with Crippen molar-refractivity contribution in [3.63, 3.8) is 0 Å². The van der Waals surface area contributed by atoms with Gasteiger partial charge in [0.25, 0.3) is 15.7 Å². The molecule has 0 radical (unpaired) electrons. The number of hydrogen-bond acceptors (Lipinski definition) is 8. The molecule has 1 heterocycles. The van der Waals surface area contributed by atoms with Gasteiger partial charge in [-0.15, -0.1) is 0 Å². The van der Waals surface area contributed by atoms with Crippen molar-refractivity contribution in [2.24, 2.45) is 0 Å². The maximum absolute atomic E-state index is 14.0. The molecule has 0 aliphatic rings. The van der Waals surface area contributed by atoms with Crippen LogP contribution in [0.2, 0.25) is 0 Å². The van der Waals surface area contributed by atoms with Crippen LogP contribution in [0.4, 0.5) is 5.69 Å². The SMILES string of the molecule is COc1ccc(-c2cc(=O)c3c(OC)cc(OC)cc3n2S(=O)(=O)c2cccc([N+](=O)[O-])c2)cc1. The first-order valence-corrected chi connectivity index (χ1v) is 11.6. The summed E-state index contributed by atoms with van der Waals surface area (Å²) >= 11 is 0. The Morgan fingerprint density at radius 2 is 1.54 bits per heavy atom. The highest BCUT2D eigenvalue weighted by Crippen LogP contribution is 2.35. The number of methoxy groups -OCH3 is 3. The van der Waals surface area contributed by atoms with Gasteiger partial charge in [0.2, 0.25) is 0 Å². The van der Waals surface area contributed by atoms with Crippen molar-refractivity contribution in [1.82, 2.24) is 3.97 Å². The molecule has 4 rings (SSSR count). The molecule has 0 saturated heterocycles. The molecule has 0 amide bonds. The van der Waals surface area contributed by atoms with Gasteiger partial charge in [0.15, 0.2) is 5.43 Å². The van der Waals surface area contributed by atoms with Crippen LogP contribution in [0.1, 0.15) is 0 Å². The smallest absolute Gasteiger partial charge is 0.270 e. The van der Waals surface area contributed by atoms with E-state index in [1.54, 1.807) is 24.3 Å². The fraction of sp³-hybridized carbons (Fsp3) is 0.125. The van der Waals surface area contributed by atoms with Gasteiger partial charge in [0.05, 0.1) is 47.7 Å². The number of non-ortho nitro benzene ring substituents is 1. The van der Waals surface area contributed by atoms with E-state index < -0.39 is 26.1 Å². The molecule has 0 fully saturated rings. The van der Waals surface area contributed by atoms with Crippen molar-refractivity contribution in [3.05, 3.63) is 87.1 Å². The minimum Gasteiger partial charge on any atom is -0.497 e. The molecule has 0 atom stereocenters. The molecule has 35 heavy (non-hydrogen) atoms. The summed E-state index contributed by atoms with van der Waals surface area (Å²) in [6.07, 6.45) is 0. The van der Waals surface area contributed by atoms with Crippen LogP contribution in [0.5, 0.6) is 17.2 Å². The molecule has 0 saturated carbocycles. The number of nitro benzene ring substituents is 1. The van der Waals surface area contributed by atoms with Crippen LogP contribution in [0.25, 0.3) is 22.2 Å². The Bertz CT molecular complexity index is 1610. The number of hydrogen-bond donors (Lipinski definition) is 0. The number of benzene rings is 3. The van der Waals surface area contributed by atoms with E-state index >= 15 is 0 Å². The Balaban J connectivity index is 2.17. The molecular formula is C24H20N2O8S. The Kier molecular flexibility index (Phi) is 6.18. The third-order valence-corrected chi connectivity index (χ3v) is 7.14. The average molecular weight is 496 g/mol. The summed E-state index contributed by atoms with van der Waals surface area (Å²) in [7, 11) is -0.214. The topological polar surface area (TPSA) is 127 Å². The molecule has 0 unspecified atom stereocenters. The van der Waals surface area contributed by atoms with E-state index in [4.69, 9.17) is 14.2 Å². The zero-order valence-electron chi connectivity index (χ0n) is 18.9. The minimum atomic E-state index is -4.45. The van der Waals surface area contributed by atoms with E-state index in [1.807, 2.05) is 0 Å². The van der Waals surface area contributed by atoms with Gasteiger partial charge in [0, 0.05) is 30.3 Å². The predicted molar refractivity (Wildman–Crippen MR) is 129 cm³/mol. The van der Waals surface area contributed by atoms with Gasteiger partial charge in [-0.3, -0.25) is 14.9 Å². The van der Waals surface area contributed by atoms with Gasteiger partial charge in [0.1, 0.15) is 17.2 Å². The third kappa shape index (κ3) is 4.17. The molecule has 180 valence electrons. The number of aromatic nitrogens is 1. The molecule has 11 heteroatoms. The Labute approximate surface area is 200 Å². The molecular weight excluding hydrogens is 476 g/mol. The predicted octanol–water partition coefficient (Wildman–Crippen LogP) is 3.84. The molecule has 10 nitrogen and oxygen atoms in total. The van der Waals surface area contributed by atoms with Crippen LogP contribution < -0.4 is 19.6 Å². The van der Waals surface area contributed by atoms with Crippen LogP contribution in [-0.2, 0) is 10.0 Å². The van der Waals surface area contributed by atoms with Gasteiger partial charge < -0.3 is 14.2 Å². The Morgan fingerprint density at radius 1 is 0.857 bits per heavy atom. The summed E-state index contributed by atoms with van der Waals surface area (Å²) < 4.78 is 44.8. The number of nitrogens with zero attached hydrogens (tertiary/aromatic N) is 2. The molecule has 3 aromatic carbocycles. The van der Waals surface area contributed by atoms with Crippen molar-refractivity contribution < 1.29 is 27.6 Å². The van der Waals surface area contributed by atoms with Gasteiger partial charge in [-0.25, -0.2) is 12.4 Å². The number of pyridine rings is 1. The zero-order valence-corrected chi connectivity index (χ0v) is 19.7. The highest BCUT2D eigenvalue weighted by atomic mass is 32.2. The van der Waals surface area contributed by atoms with Gasteiger partial charge in [-0.1, -0.05) is 6.07 Å². The number of ether oxygens (including phenoxy) is 3. The van der Waals surface area contributed by atoms with Crippen molar-refractivity contribution >= 4 is 26.6 Å².